The van der Waals surface area contributed by atoms with Gasteiger partial charge in [0.25, 0.3) is 5.56 Å². The van der Waals surface area contributed by atoms with Crippen molar-refractivity contribution in [2.24, 2.45) is 0 Å². The largest absolute Gasteiger partial charge is 0.392 e. The van der Waals surface area contributed by atoms with Crippen LogP contribution in [0.25, 0.3) is 0 Å². The number of rotatable bonds is 2. The van der Waals surface area contributed by atoms with Gasteiger partial charge in [-0.25, -0.2) is 4.98 Å². The van der Waals surface area contributed by atoms with Gasteiger partial charge in [-0.05, 0) is 6.92 Å². The van der Waals surface area contributed by atoms with E-state index in [9.17, 15) is 4.79 Å². The number of nitrogen functional groups attached to an aromatic ring is 1. The fraction of sp³-hybridized carbons (Fsp3) is 0.250. The van der Waals surface area contributed by atoms with Crippen molar-refractivity contribution in [3.05, 3.63) is 33.5 Å². The zero-order valence-corrected chi connectivity index (χ0v) is 9.10. The fourth-order valence-corrected chi connectivity index (χ4v) is 1.27. The molecule has 0 unspecified atom stereocenters. The Balaban J connectivity index is 2.36. The number of nitrogens with zero attached hydrogens (tertiary/aromatic N) is 4. The third-order valence-electron chi connectivity index (χ3n) is 1.90. The molecule has 16 heavy (non-hydrogen) atoms. The maximum absolute atomic E-state index is 11.6. The Morgan fingerprint density at radius 2 is 2.38 bits per heavy atom. The highest BCUT2D eigenvalue weighted by atomic mass is 35.5. The van der Waals surface area contributed by atoms with Crippen LogP contribution in [0.5, 0.6) is 0 Å². The summed E-state index contributed by atoms with van der Waals surface area (Å²) in [5.41, 5.74) is 4.92. The highest BCUT2D eigenvalue weighted by Gasteiger charge is 2.09. The Bertz CT molecular complexity index is 576. The third-order valence-corrected chi connectivity index (χ3v) is 2.20. The smallest absolute Gasteiger partial charge is 0.278 e. The Hall–Kier alpha value is -1.89. The Kier molecular flexibility index (Phi) is 2.61. The van der Waals surface area contributed by atoms with Crippen LogP contribution < -0.4 is 11.3 Å². The lowest BCUT2D eigenvalue weighted by atomic mass is 10.5. The molecule has 0 saturated heterocycles. The zero-order chi connectivity index (χ0) is 11.7. The number of hydrogen-bond acceptors (Lipinski definition) is 6. The summed E-state index contributed by atoms with van der Waals surface area (Å²) >= 11 is 5.59. The minimum atomic E-state index is -0.434. The second-order valence-electron chi connectivity index (χ2n) is 3.12. The van der Waals surface area contributed by atoms with Crippen LogP contribution in [0.1, 0.15) is 11.7 Å². The van der Waals surface area contributed by atoms with E-state index in [0.29, 0.717) is 11.7 Å². The van der Waals surface area contributed by atoms with E-state index in [-0.39, 0.29) is 17.4 Å². The van der Waals surface area contributed by atoms with Gasteiger partial charge in [-0.2, -0.15) is 4.98 Å². The molecule has 2 N–H and O–H groups in total. The molecule has 7 nitrogen and oxygen atoms in total. The summed E-state index contributed by atoms with van der Waals surface area (Å²) in [6, 6.07) is 0. The summed E-state index contributed by atoms with van der Waals surface area (Å²) < 4.78 is 6.12. The van der Waals surface area contributed by atoms with E-state index in [1.54, 1.807) is 6.92 Å². The molecule has 0 aliphatic carbocycles. The predicted octanol–water partition coefficient (Wildman–Crippen LogP) is 0.219. The molecule has 8 heteroatoms. The minimum Gasteiger partial charge on any atom is -0.392 e. The molecule has 0 radical (unpaired) electrons. The number of nitrogens with two attached hydrogens (primary N) is 1. The number of hydrogen-bond donors (Lipinski definition) is 1. The summed E-state index contributed by atoms with van der Waals surface area (Å²) in [7, 11) is 0. The van der Waals surface area contributed by atoms with E-state index in [2.05, 4.69) is 15.1 Å². The first-order chi connectivity index (χ1) is 7.58. The second-order valence-corrected chi connectivity index (χ2v) is 3.48. The molecule has 0 amide bonds. The average Bonchev–Trinajstić information content (AvgIpc) is 2.65. The van der Waals surface area contributed by atoms with Crippen molar-refractivity contribution >= 4 is 17.3 Å². The van der Waals surface area contributed by atoms with Crippen molar-refractivity contribution < 1.29 is 4.52 Å². The molecule has 0 fully saturated rings. The first kappa shape index (κ1) is 10.6. The van der Waals surface area contributed by atoms with E-state index < -0.39 is 5.56 Å². The maximum Gasteiger partial charge on any atom is 0.278 e. The molecule has 0 atom stereocenters. The van der Waals surface area contributed by atoms with Crippen molar-refractivity contribution in [1.82, 2.24) is 19.7 Å². The monoisotopic (exact) mass is 241 g/mol. The van der Waals surface area contributed by atoms with Crippen LogP contribution in [-0.2, 0) is 6.54 Å². The highest BCUT2D eigenvalue weighted by molar-refractivity contribution is 6.31. The first-order valence-corrected chi connectivity index (χ1v) is 4.75. The van der Waals surface area contributed by atoms with Crippen molar-refractivity contribution in [2.45, 2.75) is 13.5 Å². The normalized spacial score (nSPS) is 10.6. The lowest BCUT2D eigenvalue weighted by Crippen LogP contribution is -2.24. The topological polar surface area (TPSA) is 99.8 Å². The van der Waals surface area contributed by atoms with Gasteiger partial charge in [0.05, 0.1) is 6.33 Å². The zero-order valence-electron chi connectivity index (χ0n) is 8.35. The molecule has 0 spiro atoms. The minimum absolute atomic E-state index is 0.0111. The van der Waals surface area contributed by atoms with Gasteiger partial charge in [-0.1, -0.05) is 16.8 Å². The summed E-state index contributed by atoms with van der Waals surface area (Å²) in [4.78, 5) is 19.3. The Morgan fingerprint density at radius 3 is 3.00 bits per heavy atom. The van der Waals surface area contributed by atoms with Crippen LogP contribution in [-0.4, -0.2) is 19.7 Å². The van der Waals surface area contributed by atoms with E-state index in [1.165, 1.54) is 10.9 Å². The third kappa shape index (κ3) is 1.89. The number of halogens is 1. The molecular formula is C8H8ClN5O2. The molecule has 0 saturated carbocycles. The van der Waals surface area contributed by atoms with Gasteiger partial charge in [0.1, 0.15) is 12.2 Å². The average molecular weight is 242 g/mol. The van der Waals surface area contributed by atoms with Crippen LogP contribution in [0.2, 0.25) is 5.15 Å². The lowest BCUT2D eigenvalue weighted by Gasteiger charge is -2.02. The Labute approximate surface area is 94.9 Å². The van der Waals surface area contributed by atoms with Crippen LogP contribution in [0.3, 0.4) is 0 Å². The number of aryl methyl sites for hydroxylation is 1. The van der Waals surface area contributed by atoms with Crippen molar-refractivity contribution in [1.29, 1.82) is 0 Å². The number of aromatic nitrogens is 4. The molecule has 0 aromatic carbocycles. The van der Waals surface area contributed by atoms with Gasteiger partial charge in [-0.15, -0.1) is 0 Å². The van der Waals surface area contributed by atoms with E-state index in [0.717, 1.165) is 0 Å². The van der Waals surface area contributed by atoms with Crippen molar-refractivity contribution in [3.63, 3.8) is 0 Å². The van der Waals surface area contributed by atoms with Gasteiger partial charge >= 0.3 is 0 Å². The molecule has 2 aromatic heterocycles. The van der Waals surface area contributed by atoms with E-state index in [1.807, 2.05) is 0 Å². The van der Waals surface area contributed by atoms with Gasteiger partial charge < -0.3 is 10.3 Å². The van der Waals surface area contributed by atoms with E-state index in [4.69, 9.17) is 21.9 Å². The van der Waals surface area contributed by atoms with Gasteiger partial charge in [0.2, 0.25) is 5.89 Å². The summed E-state index contributed by atoms with van der Waals surface area (Å²) in [5, 5.41) is 3.59. The molecule has 0 bridgehead atoms. The molecule has 2 aromatic rings. The SMILES string of the molecule is Cc1noc(Cn2cnc(Cl)c(N)c2=O)n1. The van der Waals surface area contributed by atoms with Gasteiger partial charge in [0, 0.05) is 0 Å². The van der Waals surface area contributed by atoms with Crippen LogP contribution >= 0.6 is 11.6 Å². The molecule has 84 valence electrons. The highest BCUT2D eigenvalue weighted by Crippen LogP contribution is 2.08. The van der Waals surface area contributed by atoms with Crippen LogP contribution in [0, 0.1) is 6.92 Å². The molecule has 2 heterocycles. The van der Waals surface area contributed by atoms with Crippen molar-refractivity contribution in [3.8, 4) is 0 Å². The van der Waals surface area contributed by atoms with Gasteiger partial charge in [-0.3, -0.25) is 9.36 Å². The lowest BCUT2D eigenvalue weighted by molar-refractivity contribution is 0.366. The molecule has 0 aliphatic heterocycles. The maximum atomic E-state index is 11.6. The van der Waals surface area contributed by atoms with Gasteiger partial charge in [0.15, 0.2) is 11.0 Å². The van der Waals surface area contributed by atoms with Crippen LogP contribution in [0.4, 0.5) is 5.69 Å². The van der Waals surface area contributed by atoms with E-state index >= 15 is 0 Å². The standard InChI is InChI=1S/C8H8ClN5O2/c1-4-12-5(16-13-4)2-14-3-11-7(9)6(10)8(14)15/h3H,2,10H2,1H3. The second kappa shape index (κ2) is 3.93. The summed E-state index contributed by atoms with van der Waals surface area (Å²) in [6.07, 6.45) is 1.28. The predicted molar refractivity (Wildman–Crippen MR) is 56.1 cm³/mol. The number of anilines is 1. The van der Waals surface area contributed by atoms with Crippen molar-refractivity contribution in [2.75, 3.05) is 5.73 Å². The summed E-state index contributed by atoms with van der Waals surface area (Å²) in [5.74, 6) is 0.807. The quantitative estimate of drug-likeness (QED) is 0.755. The summed E-state index contributed by atoms with van der Waals surface area (Å²) in [6.45, 7) is 1.80. The van der Waals surface area contributed by atoms with Crippen LogP contribution in [0.15, 0.2) is 15.6 Å². The Morgan fingerprint density at radius 1 is 1.62 bits per heavy atom. The molecule has 0 aliphatic rings. The molecular weight excluding hydrogens is 234 g/mol. The first-order valence-electron chi connectivity index (χ1n) is 4.37. The molecule has 2 rings (SSSR count). The fourth-order valence-electron chi connectivity index (χ4n) is 1.15.